The van der Waals surface area contributed by atoms with Crippen LogP contribution < -0.4 is 9.47 Å². The number of benzene rings is 4. The van der Waals surface area contributed by atoms with E-state index in [9.17, 15) is 10.2 Å². The predicted molar refractivity (Wildman–Crippen MR) is 178 cm³/mol. The van der Waals surface area contributed by atoms with E-state index in [1.165, 1.54) is 0 Å². The molecule has 0 radical (unpaired) electrons. The molecule has 4 aromatic carbocycles. The lowest BCUT2D eigenvalue weighted by molar-refractivity contribution is 0.201. The summed E-state index contributed by atoms with van der Waals surface area (Å²) in [6.07, 6.45) is 12.5. The Morgan fingerprint density at radius 3 is 1.37 bits per heavy atom. The van der Waals surface area contributed by atoms with E-state index in [-0.39, 0.29) is 26.4 Å². The van der Waals surface area contributed by atoms with Crippen LogP contribution in [0.1, 0.15) is 25.0 Å². The fraction of sp³-hybridized carbons (Fsp3) is 0.179. The van der Waals surface area contributed by atoms with E-state index in [2.05, 4.69) is 86.0 Å². The third-order valence-corrected chi connectivity index (χ3v) is 7.96. The third-order valence-electron chi connectivity index (χ3n) is 7.96. The number of aliphatic hydroxyl groups excluding tert-OH is 2. The molecule has 0 amide bonds. The molecule has 4 heteroatoms. The normalized spacial score (nSPS) is 14.9. The molecule has 4 aromatic rings. The topological polar surface area (TPSA) is 58.9 Å². The number of aliphatic hydroxyl groups is 2. The molecule has 2 N–H and O–H groups in total. The fourth-order valence-electron chi connectivity index (χ4n) is 6.25. The molecule has 0 fully saturated rings. The van der Waals surface area contributed by atoms with Crippen molar-refractivity contribution in [3.63, 3.8) is 0 Å². The zero-order chi connectivity index (χ0) is 30.4. The first-order valence-electron chi connectivity index (χ1n) is 14.6. The first-order chi connectivity index (χ1) is 21.0. The van der Waals surface area contributed by atoms with Crippen molar-refractivity contribution in [2.24, 2.45) is 0 Å². The molecular formula is C39H38O4. The molecule has 0 atom stereocenters. The van der Waals surface area contributed by atoms with Crippen LogP contribution in [0.2, 0.25) is 0 Å². The predicted octanol–water partition coefficient (Wildman–Crippen LogP) is 8.15. The van der Waals surface area contributed by atoms with Gasteiger partial charge in [-0.2, -0.15) is 0 Å². The number of hydrogen-bond donors (Lipinski definition) is 2. The number of ether oxygens (including phenoxy) is 2. The van der Waals surface area contributed by atoms with Gasteiger partial charge in [-0.15, -0.1) is 0 Å². The zero-order valence-corrected chi connectivity index (χ0v) is 24.8. The smallest absolute Gasteiger partial charge is 0.120 e. The van der Waals surface area contributed by atoms with Gasteiger partial charge in [-0.05, 0) is 105 Å². The molecule has 0 heterocycles. The van der Waals surface area contributed by atoms with E-state index < -0.39 is 5.41 Å². The molecule has 0 spiro atoms. The van der Waals surface area contributed by atoms with E-state index in [0.717, 1.165) is 66.5 Å². The zero-order valence-electron chi connectivity index (χ0n) is 24.8. The van der Waals surface area contributed by atoms with Crippen LogP contribution in [0.3, 0.4) is 0 Å². The molecular weight excluding hydrogens is 532 g/mol. The third kappa shape index (κ3) is 5.36. The molecule has 43 heavy (non-hydrogen) atoms. The number of rotatable bonds is 12. The summed E-state index contributed by atoms with van der Waals surface area (Å²) >= 11 is 0. The summed E-state index contributed by atoms with van der Waals surface area (Å²) < 4.78 is 11.4. The van der Waals surface area contributed by atoms with Crippen LogP contribution >= 0.6 is 0 Å². The van der Waals surface area contributed by atoms with Gasteiger partial charge in [0.25, 0.3) is 0 Å². The summed E-state index contributed by atoms with van der Waals surface area (Å²) in [5, 5.41) is 22.7. The van der Waals surface area contributed by atoms with Crippen LogP contribution in [0.4, 0.5) is 0 Å². The molecule has 1 aliphatic carbocycles. The van der Waals surface area contributed by atoms with Crippen LogP contribution in [0, 0.1) is 0 Å². The SMILES string of the molecule is C=CC1=C(/C=C\C)C(c2ccc3cc(OCCO)ccc3c2)(c2ccc3cc(OCCO)ccc3c2)C(/C=C\C)=C1C=C. The number of allylic oxidation sites excluding steroid dienone is 10. The summed E-state index contributed by atoms with van der Waals surface area (Å²) in [6, 6.07) is 25.3. The quantitative estimate of drug-likeness (QED) is 0.180. The van der Waals surface area contributed by atoms with Crippen LogP contribution in [-0.4, -0.2) is 36.6 Å². The van der Waals surface area contributed by atoms with E-state index in [0.29, 0.717) is 0 Å². The van der Waals surface area contributed by atoms with Crippen molar-refractivity contribution in [3.8, 4) is 11.5 Å². The highest BCUT2D eigenvalue weighted by Gasteiger charge is 2.46. The average molecular weight is 571 g/mol. The van der Waals surface area contributed by atoms with E-state index in [1.54, 1.807) is 0 Å². The Kier molecular flexibility index (Phi) is 9.10. The van der Waals surface area contributed by atoms with Gasteiger partial charge < -0.3 is 19.7 Å². The van der Waals surface area contributed by atoms with Crippen LogP contribution in [0.15, 0.2) is 145 Å². The minimum atomic E-state index is -0.646. The van der Waals surface area contributed by atoms with E-state index in [4.69, 9.17) is 9.47 Å². The summed E-state index contributed by atoms with van der Waals surface area (Å²) in [7, 11) is 0. The maximum Gasteiger partial charge on any atom is 0.120 e. The van der Waals surface area contributed by atoms with E-state index in [1.807, 2.05) is 50.3 Å². The lowest BCUT2D eigenvalue weighted by Crippen LogP contribution is -2.30. The largest absolute Gasteiger partial charge is 0.491 e. The molecule has 5 rings (SSSR count). The van der Waals surface area contributed by atoms with Gasteiger partial charge in [0.15, 0.2) is 0 Å². The second-order valence-corrected chi connectivity index (χ2v) is 10.4. The van der Waals surface area contributed by atoms with Crippen LogP contribution in [0.5, 0.6) is 11.5 Å². The minimum Gasteiger partial charge on any atom is -0.491 e. The Hall–Kier alpha value is -4.64. The Bertz CT molecular complexity index is 1670. The van der Waals surface area contributed by atoms with Gasteiger partial charge in [-0.3, -0.25) is 0 Å². The maximum atomic E-state index is 9.20. The van der Waals surface area contributed by atoms with Crippen molar-refractivity contribution < 1.29 is 19.7 Å². The lowest BCUT2D eigenvalue weighted by atomic mass is 9.65. The molecule has 0 saturated carbocycles. The van der Waals surface area contributed by atoms with Crippen molar-refractivity contribution in [1.82, 2.24) is 0 Å². The van der Waals surface area contributed by atoms with Gasteiger partial charge >= 0.3 is 0 Å². The van der Waals surface area contributed by atoms with Crippen molar-refractivity contribution in [1.29, 1.82) is 0 Å². The first-order valence-corrected chi connectivity index (χ1v) is 14.6. The van der Waals surface area contributed by atoms with Gasteiger partial charge in [0.2, 0.25) is 0 Å². The molecule has 0 saturated heterocycles. The van der Waals surface area contributed by atoms with Crippen LogP contribution in [-0.2, 0) is 5.41 Å². The lowest BCUT2D eigenvalue weighted by Gasteiger charge is -2.36. The number of hydrogen-bond acceptors (Lipinski definition) is 4. The maximum absolute atomic E-state index is 9.20. The van der Waals surface area contributed by atoms with Gasteiger partial charge in [-0.1, -0.05) is 86.0 Å². The Balaban J connectivity index is 1.82. The molecule has 0 unspecified atom stereocenters. The summed E-state index contributed by atoms with van der Waals surface area (Å²) in [6.45, 7) is 13.0. The van der Waals surface area contributed by atoms with Crippen molar-refractivity contribution in [2.45, 2.75) is 19.3 Å². The second-order valence-electron chi connectivity index (χ2n) is 10.4. The average Bonchev–Trinajstić information content (AvgIpc) is 3.31. The molecule has 1 aliphatic rings. The van der Waals surface area contributed by atoms with E-state index >= 15 is 0 Å². The summed E-state index contributed by atoms with van der Waals surface area (Å²) in [5.41, 5.74) is 6.00. The summed E-state index contributed by atoms with van der Waals surface area (Å²) in [4.78, 5) is 0. The molecule has 0 aromatic heterocycles. The highest BCUT2D eigenvalue weighted by atomic mass is 16.5. The van der Waals surface area contributed by atoms with Crippen molar-refractivity contribution in [3.05, 3.63) is 156 Å². The van der Waals surface area contributed by atoms with Gasteiger partial charge in [-0.25, -0.2) is 0 Å². The van der Waals surface area contributed by atoms with Crippen molar-refractivity contribution in [2.75, 3.05) is 26.4 Å². The van der Waals surface area contributed by atoms with Crippen LogP contribution in [0.25, 0.3) is 21.5 Å². The van der Waals surface area contributed by atoms with Gasteiger partial charge in [0.05, 0.1) is 18.6 Å². The Labute approximate surface area is 253 Å². The monoisotopic (exact) mass is 570 g/mol. The Morgan fingerprint density at radius 2 is 1.00 bits per heavy atom. The molecule has 0 aliphatic heterocycles. The Morgan fingerprint density at radius 1 is 0.605 bits per heavy atom. The molecule has 218 valence electrons. The van der Waals surface area contributed by atoms with Gasteiger partial charge in [0, 0.05) is 0 Å². The van der Waals surface area contributed by atoms with Gasteiger partial charge in [0.1, 0.15) is 24.7 Å². The van der Waals surface area contributed by atoms with Crippen molar-refractivity contribution >= 4 is 21.5 Å². The molecule has 0 bridgehead atoms. The second kappa shape index (κ2) is 13.1. The minimum absolute atomic E-state index is 0.0281. The highest BCUT2D eigenvalue weighted by Crippen LogP contribution is 2.55. The molecule has 4 nitrogen and oxygen atoms in total. The number of fused-ring (bicyclic) bond motifs is 2. The fourth-order valence-corrected chi connectivity index (χ4v) is 6.25. The standard InChI is InChI=1S/C39H38O4/c1-5-9-37-35(7-3)36(8-4)38(10-6-2)39(37,31-15-11-29-25-33(42-21-19-40)17-13-27(29)23-31)32-16-12-30-26-34(43-22-20-41)18-14-28(30)24-32/h5-18,23-26,40-41H,3-4,19-22H2,1-2H3/b9-5-,10-6-. The highest BCUT2D eigenvalue weighted by molar-refractivity contribution is 5.89. The summed E-state index contributed by atoms with van der Waals surface area (Å²) in [5.74, 6) is 1.46. The first kappa shape index (κ1) is 29.8.